The number of hydrogen-bond acceptors (Lipinski definition) is 4. The van der Waals surface area contributed by atoms with E-state index in [0.29, 0.717) is 23.9 Å². The lowest BCUT2D eigenvalue weighted by atomic mass is 10.1. The maximum absolute atomic E-state index is 13.8. The van der Waals surface area contributed by atoms with Crippen molar-refractivity contribution in [3.05, 3.63) is 45.8 Å². The van der Waals surface area contributed by atoms with E-state index in [-0.39, 0.29) is 11.9 Å². The normalized spacial score (nSPS) is 12.9. The van der Waals surface area contributed by atoms with Crippen LogP contribution in [0.1, 0.15) is 37.2 Å². The number of rotatable bonds is 5. The van der Waals surface area contributed by atoms with Gasteiger partial charge in [0.2, 0.25) is 11.8 Å². The maximum atomic E-state index is 13.8. The van der Waals surface area contributed by atoms with Gasteiger partial charge in [0.25, 0.3) is 0 Å². The van der Waals surface area contributed by atoms with Crippen LogP contribution in [0.25, 0.3) is 0 Å². The van der Waals surface area contributed by atoms with Crippen molar-refractivity contribution >= 4 is 15.9 Å². The molecule has 2 rings (SSSR count). The molecule has 0 bridgehead atoms. The van der Waals surface area contributed by atoms with Crippen molar-refractivity contribution in [2.75, 3.05) is 6.54 Å². The summed E-state index contributed by atoms with van der Waals surface area (Å²) in [5, 5.41) is 7.87. The Morgan fingerprint density at radius 3 is 2.75 bits per heavy atom. The summed E-state index contributed by atoms with van der Waals surface area (Å²) in [6.07, 6.45) is 0. The van der Waals surface area contributed by atoms with Gasteiger partial charge in [-0.15, -0.1) is 10.2 Å². The van der Waals surface area contributed by atoms with E-state index in [0.717, 1.165) is 11.0 Å². The molecular weight excluding hydrogens is 325 g/mol. The fraction of sp³-hybridized carbons (Fsp3) is 0.429. The lowest BCUT2D eigenvalue weighted by Crippen LogP contribution is -2.27. The van der Waals surface area contributed by atoms with E-state index >= 15 is 0 Å². The van der Waals surface area contributed by atoms with Crippen LogP contribution < -0.4 is 0 Å². The second-order valence-corrected chi connectivity index (χ2v) is 5.55. The van der Waals surface area contributed by atoms with Gasteiger partial charge in [0.05, 0.1) is 6.04 Å². The zero-order valence-electron chi connectivity index (χ0n) is 11.7. The molecule has 0 saturated carbocycles. The van der Waals surface area contributed by atoms with E-state index in [1.54, 1.807) is 19.1 Å². The van der Waals surface area contributed by atoms with Crippen molar-refractivity contribution in [1.29, 1.82) is 0 Å². The van der Waals surface area contributed by atoms with E-state index in [1.165, 1.54) is 6.07 Å². The van der Waals surface area contributed by atoms with Crippen LogP contribution in [0.15, 0.2) is 27.1 Å². The highest BCUT2D eigenvalue weighted by Crippen LogP contribution is 2.23. The van der Waals surface area contributed by atoms with Gasteiger partial charge in [-0.25, -0.2) is 4.39 Å². The quantitative estimate of drug-likeness (QED) is 0.827. The van der Waals surface area contributed by atoms with E-state index < -0.39 is 0 Å². The van der Waals surface area contributed by atoms with Crippen LogP contribution in [0.5, 0.6) is 0 Å². The first-order valence-electron chi connectivity index (χ1n) is 6.49. The zero-order chi connectivity index (χ0) is 14.7. The van der Waals surface area contributed by atoms with Crippen molar-refractivity contribution < 1.29 is 8.81 Å². The second kappa shape index (κ2) is 6.45. The minimum Gasteiger partial charge on any atom is -0.424 e. The highest BCUT2D eigenvalue weighted by Gasteiger charge is 2.20. The van der Waals surface area contributed by atoms with Crippen molar-refractivity contribution in [3.63, 3.8) is 0 Å². The number of halogens is 2. The van der Waals surface area contributed by atoms with Gasteiger partial charge in [-0.3, -0.25) is 4.90 Å². The molecule has 0 aliphatic rings. The van der Waals surface area contributed by atoms with Crippen LogP contribution in [0, 0.1) is 12.7 Å². The molecule has 2 aromatic rings. The molecule has 4 nitrogen and oxygen atoms in total. The number of benzene rings is 1. The van der Waals surface area contributed by atoms with Gasteiger partial charge < -0.3 is 4.42 Å². The van der Waals surface area contributed by atoms with Crippen LogP contribution in [0.4, 0.5) is 4.39 Å². The summed E-state index contributed by atoms with van der Waals surface area (Å²) in [7, 11) is 0. The molecule has 108 valence electrons. The fourth-order valence-corrected chi connectivity index (χ4v) is 2.45. The van der Waals surface area contributed by atoms with Gasteiger partial charge in [-0.2, -0.15) is 0 Å². The summed E-state index contributed by atoms with van der Waals surface area (Å²) in [6, 6.07) is 4.90. The molecule has 0 N–H and O–H groups in total. The standard InChI is InChI=1S/C14H17BrFN3O/c1-4-19(9(2)14-18-17-10(3)20-14)8-11-7-12(15)5-6-13(11)16/h5-7,9H,4,8H2,1-3H3. The Balaban J connectivity index is 2.18. The Morgan fingerprint density at radius 2 is 2.15 bits per heavy atom. The predicted octanol–water partition coefficient (Wildman–Crippen LogP) is 3.86. The summed E-state index contributed by atoms with van der Waals surface area (Å²) < 4.78 is 20.2. The van der Waals surface area contributed by atoms with Gasteiger partial charge in [0, 0.05) is 23.5 Å². The van der Waals surface area contributed by atoms with Crippen LogP contribution >= 0.6 is 15.9 Å². The lowest BCUT2D eigenvalue weighted by Gasteiger charge is -2.25. The van der Waals surface area contributed by atoms with Crippen LogP contribution in [0.2, 0.25) is 0 Å². The molecule has 6 heteroatoms. The molecule has 0 amide bonds. The van der Waals surface area contributed by atoms with Gasteiger partial charge in [-0.1, -0.05) is 22.9 Å². The molecule has 1 aromatic heterocycles. The second-order valence-electron chi connectivity index (χ2n) is 4.63. The highest BCUT2D eigenvalue weighted by molar-refractivity contribution is 9.10. The summed E-state index contributed by atoms with van der Waals surface area (Å²) in [4.78, 5) is 2.08. The third kappa shape index (κ3) is 3.43. The van der Waals surface area contributed by atoms with E-state index in [2.05, 4.69) is 31.0 Å². The largest absolute Gasteiger partial charge is 0.424 e. The van der Waals surface area contributed by atoms with Crippen LogP contribution in [0.3, 0.4) is 0 Å². The third-order valence-corrected chi connectivity index (χ3v) is 3.73. The van der Waals surface area contributed by atoms with Crippen molar-refractivity contribution in [3.8, 4) is 0 Å². The first-order valence-corrected chi connectivity index (χ1v) is 7.28. The molecular formula is C14H17BrFN3O. The summed E-state index contributed by atoms with van der Waals surface area (Å²) >= 11 is 3.37. The Kier molecular flexibility index (Phi) is 4.88. The molecule has 1 unspecified atom stereocenters. The summed E-state index contributed by atoms with van der Waals surface area (Å²) in [5.74, 6) is 0.886. The molecule has 0 spiro atoms. The smallest absolute Gasteiger partial charge is 0.233 e. The topological polar surface area (TPSA) is 42.2 Å². The zero-order valence-corrected chi connectivity index (χ0v) is 13.3. The molecule has 0 aliphatic heterocycles. The first-order chi connectivity index (χ1) is 9.51. The molecule has 1 atom stereocenters. The maximum Gasteiger partial charge on any atom is 0.233 e. The minimum atomic E-state index is -0.208. The molecule has 1 aromatic carbocycles. The van der Waals surface area contributed by atoms with Gasteiger partial charge in [-0.05, 0) is 31.7 Å². The molecule has 0 radical (unpaired) electrons. The molecule has 1 heterocycles. The van der Waals surface area contributed by atoms with E-state index in [1.807, 2.05) is 13.8 Å². The monoisotopic (exact) mass is 341 g/mol. The summed E-state index contributed by atoms with van der Waals surface area (Å²) in [5.41, 5.74) is 0.643. The number of aryl methyl sites for hydroxylation is 1. The molecule has 0 fully saturated rings. The first kappa shape index (κ1) is 15.1. The van der Waals surface area contributed by atoms with Gasteiger partial charge in [0.1, 0.15) is 5.82 Å². The number of hydrogen-bond donors (Lipinski definition) is 0. The van der Waals surface area contributed by atoms with Crippen LogP contribution in [-0.2, 0) is 6.54 Å². The lowest BCUT2D eigenvalue weighted by molar-refractivity contribution is 0.180. The number of nitrogens with zero attached hydrogens (tertiary/aromatic N) is 3. The van der Waals surface area contributed by atoms with Crippen LogP contribution in [-0.4, -0.2) is 21.6 Å². The Labute approximate surface area is 126 Å². The molecule has 0 saturated heterocycles. The summed E-state index contributed by atoms with van der Waals surface area (Å²) in [6.45, 7) is 7.01. The van der Waals surface area contributed by atoms with Gasteiger partial charge >= 0.3 is 0 Å². The van der Waals surface area contributed by atoms with Crippen molar-refractivity contribution in [2.24, 2.45) is 0 Å². The average Bonchev–Trinajstić information content (AvgIpc) is 2.85. The van der Waals surface area contributed by atoms with E-state index in [9.17, 15) is 4.39 Å². The predicted molar refractivity (Wildman–Crippen MR) is 77.6 cm³/mol. The van der Waals surface area contributed by atoms with Crippen molar-refractivity contribution in [2.45, 2.75) is 33.4 Å². The highest BCUT2D eigenvalue weighted by atomic mass is 79.9. The Morgan fingerprint density at radius 1 is 1.40 bits per heavy atom. The SMILES string of the molecule is CCN(Cc1cc(Br)ccc1F)C(C)c1nnc(C)o1. The number of aromatic nitrogens is 2. The average molecular weight is 342 g/mol. The molecule has 20 heavy (non-hydrogen) atoms. The minimum absolute atomic E-state index is 0.0559. The molecule has 0 aliphatic carbocycles. The van der Waals surface area contributed by atoms with Crippen molar-refractivity contribution in [1.82, 2.24) is 15.1 Å². The van der Waals surface area contributed by atoms with Gasteiger partial charge in [0.15, 0.2) is 0 Å². The fourth-order valence-electron chi connectivity index (χ4n) is 2.04. The third-order valence-electron chi connectivity index (χ3n) is 3.23. The Bertz CT molecular complexity index is 588. The Hall–Kier alpha value is -1.27. The van der Waals surface area contributed by atoms with E-state index in [4.69, 9.17) is 4.42 Å².